The molecule has 114 valence electrons. The second-order valence-electron chi connectivity index (χ2n) is 6.55. The third-order valence-corrected chi connectivity index (χ3v) is 4.99. The molecule has 0 aromatic rings. The predicted octanol–water partition coefficient (Wildman–Crippen LogP) is 2.90. The van der Waals surface area contributed by atoms with E-state index in [1.54, 1.807) is 0 Å². The SMILES string of the molecule is COC(=O)CC1CCCCN1C(=O)C1(C)CCCCC1. The minimum Gasteiger partial charge on any atom is -0.469 e. The monoisotopic (exact) mass is 281 g/mol. The molecule has 1 unspecified atom stereocenters. The van der Waals surface area contributed by atoms with E-state index in [9.17, 15) is 9.59 Å². The maximum atomic E-state index is 12.9. The molecule has 1 saturated heterocycles. The van der Waals surface area contributed by atoms with Gasteiger partial charge in [0, 0.05) is 18.0 Å². The van der Waals surface area contributed by atoms with Gasteiger partial charge < -0.3 is 9.64 Å². The van der Waals surface area contributed by atoms with Crippen molar-refractivity contribution < 1.29 is 14.3 Å². The molecule has 20 heavy (non-hydrogen) atoms. The molecule has 1 saturated carbocycles. The molecule has 4 nitrogen and oxygen atoms in total. The van der Waals surface area contributed by atoms with E-state index < -0.39 is 0 Å². The third-order valence-electron chi connectivity index (χ3n) is 4.99. The average molecular weight is 281 g/mol. The number of hydrogen-bond donors (Lipinski definition) is 0. The zero-order valence-corrected chi connectivity index (χ0v) is 12.8. The summed E-state index contributed by atoms with van der Waals surface area (Å²) in [6.45, 7) is 2.91. The molecular formula is C16H27NO3. The van der Waals surface area contributed by atoms with Crippen molar-refractivity contribution >= 4 is 11.9 Å². The van der Waals surface area contributed by atoms with E-state index in [1.165, 1.54) is 13.5 Å². The van der Waals surface area contributed by atoms with Crippen molar-refractivity contribution in [3.63, 3.8) is 0 Å². The fourth-order valence-electron chi connectivity index (χ4n) is 3.65. The Bertz CT molecular complexity index is 361. The Kier molecular flexibility index (Phi) is 5.06. The Balaban J connectivity index is 2.06. The Hall–Kier alpha value is -1.06. The van der Waals surface area contributed by atoms with Crippen LogP contribution in [-0.2, 0) is 14.3 Å². The van der Waals surface area contributed by atoms with Crippen LogP contribution in [0.5, 0.6) is 0 Å². The number of likely N-dealkylation sites (tertiary alicyclic amines) is 1. The van der Waals surface area contributed by atoms with Crippen LogP contribution in [0.3, 0.4) is 0 Å². The molecule has 2 fully saturated rings. The number of rotatable bonds is 3. The van der Waals surface area contributed by atoms with Gasteiger partial charge in [-0.1, -0.05) is 26.2 Å². The third kappa shape index (κ3) is 3.33. The lowest BCUT2D eigenvalue weighted by Gasteiger charge is -2.42. The highest BCUT2D eigenvalue weighted by Gasteiger charge is 2.40. The van der Waals surface area contributed by atoms with Gasteiger partial charge in [-0.15, -0.1) is 0 Å². The van der Waals surface area contributed by atoms with E-state index in [1.807, 2.05) is 4.90 Å². The van der Waals surface area contributed by atoms with Crippen LogP contribution in [-0.4, -0.2) is 36.5 Å². The fraction of sp³-hybridized carbons (Fsp3) is 0.875. The first-order valence-electron chi connectivity index (χ1n) is 7.95. The zero-order valence-electron chi connectivity index (χ0n) is 12.8. The molecule has 4 heteroatoms. The van der Waals surface area contributed by atoms with Crippen molar-refractivity contribution in [1.82, 2.24) is 4.90 Å². The van der Waals surface area contributed by atoms with Crippen LogP contribution in [0.2, 0.25) is 0 Å². The van der Waals surface area contributed by atoms with Gasteiger partial charge in [0.1, 0.15) is 0 Å². The quantitative estimate of drug-likeness (QED) is 0.747. The summed E-state index contributed by atoms with van der Waals surface area (Å²) in [5.41, 5.74) is -0.204. The number of methoxy groups -OCH3 is 1. The molecular weight excluding hydrogens is 254 g/mol. The molecule has 0 spiro atoms. The Labute approximate surface area is 121 Å². The summed E-state index contributed by atoms with van der Waals surface area (Å²) >= 11 is 0. The van der Waals surface area contributed by atoms with Crippen LogP contribution < -0.4 is 0 Å². The predicted molar refractivity (Wildman–Crippen MR) is 77.2 cm³/mol. The van der Waals surface area contributed by atoms with E-state index in [2.05, 4.69) is 6.92 Å². The summed E-state index contributed by atoms with van der Waals surface area (Å²) in [6.07, 6.45) is 8.96. The molecule has 1 atom stereocenters. The molecule has 0 bridgehead atoms. The number of piperidine rings is 1. The first-order chi connectivity index (χ1) is 9.57. The highest BCUT2D eigenvalue weighted by molar-refractivity contribution is 5.83. The summed E-state index contributed by atoms with van der Waals surface area (Å²) < 4.78 is 4.77. The lowest BCUT2D eigenvalue weighted by atomic mass is 9.74. The zero-order chi connectivity index (χ0) is 14.6. The normalized spacial score (nSPS) is 26.1. The summed E-state index contributed by atoms with van der Waals surface area (Å²) in [5, 5.41) is 0. The largest absolute Gasteiger partial charge is 0.469 e. The van der Waals surface area contributed by atoms with E-state index in [-0.39, 0.29) is 23.3 Å². The number of amides is 1. The number of nitrogens with zero attached hydrogens (tertiary/aromatic N) is 1. The summed E-state index contributed by atoms with van der Waals surface area (Å²) in [7, 11) is 1.42. The van der Waals surface area contributed by atoms with Crippen LogP contribution in [0.25, 0.3) is 0 Å². The summed E-state index contributed by atoms with van der Waals surface area (Å²) in [4.78, 5) is 26.5. The molecule has 0 aromatic heterocycles. The van der Waals surface area contributed by atoms with Crippen molar-refractivity contribution in [2.24, 2.45) is 5.41 Å². The van der Waals surface area contributed by atoms with E-state index in [0.29, 0.717) is 6.42 Å². The second-order valence-corrected chi connectivity index (χ2v) is 6.55. The number of carbonyl (C=O) groups is 2. The van der Waals surface area contributed by atoms with Crippen LogP contribution in [0.15, 0.2) is 0 Å². The summed E-state index contributed by atoms with van der Waals surface area (Å²) in [5.74, 6) is 0.0642. The topological polar surface area (TPSA) is 46.6 Å². The van der Waals surface area contributed by atoms with Crippen LogP contribution >= 0.6 is 0 Å². The van der Waals surface area contributed by atoms with Crippen LogP contribution in [0.1, 0.15) is 64.7 Å². The Morgan fingerprint density at radius 1 is 1.15 bits per heavy atom. The van der Waals surface area contributed by atoms with E-state index in [4.69, 9.17) is 4.74 Å². The molecule has 0 aromatic carbocycles. The van der Waals surface area contributed by atoms with Crippen molar-refractivity contribution in [1.29, 1.82) is 0 Å². The maximum Gasteiger partial charge on any atom is 0.307 e. The Morgan fingerprint density at radius 2 is 1.85 bits per heavy atom. The average Bonchev–Trinajstić information content (AvgIpc) is 2.47. The molecule has 1 aliphatic carbocycles. The Morgan fingerprint density at radius 3 is 2.50 bits per heavy atom. The highest BCUT2D eigenvalue weighted by Crippen LogP contribution is 2.39. The smallest absolute Gasteiger partial charge is 0.307 e. The van der Waals surface area contributed by atoms with Gasteiger partial charge in [0.2, 0.25) is 5.91 Å². The van der Waals surface area contributed by atoms with Gasteiger partial charge in [-0.3, -0.25) is 9.59 Å². The van der Waals surface area contributed by atoms with E-state index >= 15 is 0 Å². The highest BCUT2D eigenvalue weighted by atomic mass is 16.5. The number of carbonyl (C=O) groups excluding carboxylic acids is 2. The van der Waals surface area contributed by atoms with Crippen molar-refractivity contribution in [3.05, 3.63) is 0 Å². The first-order valence-corrected chi connectivity index (χ1v) is 7.95. The van der Waals surface area contributed by atoms with Crippen LogP contribution in [0, 0.1) is 5.41 Å². The molecule has 1 aliphatic heterocycles. The molecule has 1 heterocycles. The van der Waals surface area contributed by atoms with Crippen LogP contribution in [0.4, 0.5) is 0 Å². The first kappa shape index (κ1) is 15.3. The van der Waals surface area contributed by atoms with Crippen molar-refractivity contribution in [2.75, 3.05) is 13.7 Å². The van der Waals surface area contributed by atoms with Gasteiger partial charge in [-0.05, 0) is 32.1 Å². The number of ether oxygens (including phenoxy) is 1. The number of hydrogen-bond acceptors (Lipinski definition) is 3. The molecule has 2 aliphatic rings. The van der Waals surface area contributed by atoms with E-state index in [0.717, 1.165) is 51.5 Å². The fourth-order valence-corrected chi connectivity index (χ4v) is 3.65. The van der Waals surface area contributed by atoms with Gasteiger partial charge in [-0.2, -0.15) is 0 Å². The lowest BCUT2D eigenvalue weighted by molar-refractivity contribution is -0.150. The van der Waals surface area contributed by atoms with Gasteiger partial charge in [-0.25, -0.2) is 0 Å². The number of esters is 1. The van der Waals surface area contributed by atoms with Gasteiger partial charge >= 0.3 is 5.97 Å². The van der Waals surface area contributed by atoms with Gasteiger partial charge in [0.15, 0.2) is 0 Å². The van der Waals surface area contributed by atoms with Crippen molar-refractivity contribution in [2.45, 2.75) is 70.8 Å². The van der Waals surface area contributed by atoms with Gasteiger partial charge in [0.05, 0.1) is 13.5 Å². The molecule has 2 rings (SSSR count). The molecule has 0 radical (unpaired) electrons. The minimum absolute atomic E-state index is 0.0439. The maximum absolute atomic E-state index is 12.9. The van der Waals surface area contributed by atoms with Crippen molar-refractivity contribution in [3.8, 4) is 0 Å². The second kappa shape index (κ2) is 6.59. The molecule has 1 amide bonds. The summed E-state index contributed by atoms with van der Waals surface area (Å²) in [6, 6.07) is 0.0439. The lowest BCUT2D eigenvalue weighted by Crippen LogP contribution is -2.51. The standard InChI is InChI=1S/C16H27NO3/c1-16(9-5-3-6-10-16)15(19)17-11-7-4-8-13(17)12-14(18)20-2/h13H,3-12H2,1-2H3. The van der Waals surface area contributed by atoms with Gasteiger partial charge in [0.25, 0.3) is 0 Å². The molecule has 0 N–H and O–H groups in total. The minimum atomic E-state index is -0.205.